The molecule has 6 nitrogen and oxygen atoms in total. The smallest absolute Gasteiger partial charge is 0.266 e. The number of hydrogen-bond acceptors (Lipinski definition) is 2. The normalized spacial score (nSPS) is 11.3. The zero-order valence-electron chi connectivity index (χ0n) is 20.0. The SMILES string of the molecule is O.O=C(C[n+]1ccn(CC(OCc2ccc(Cl)cc2Cl)c2ccc(Cl)cc2Cl)c1)Nc1ccc(Cl)cc1Cl.[Cl-]. The number of halogens is 7. The molecule has 4 rings (SSSR count). The van der Waals surface area contributed by atoms with Gasteiger partial charge in [-0.15, -0.1) is 0 Å². The van der Waals surface area contributed by atoms with E-state index in [0.717, 1.165) is 11.1 Å². The Kier molecular flexibility index (Phi) is 13.2. The molecule has 0 spiro atoms. The number of hydrogen-bond donors (Lipinski definition) is 1. The van der Waals surface area contributed by atoms with E-state index in [2.05, 4.69) is 5.32 Å². The lowest BCUT2D eigenvalue weighted by molar-refractivity contribution is -0.683. The molecule has 0 aliphatic carbocycles. The van der Waals surface area contributed by atoms with Crippen molar-refractivity contribution in [2.45, 2.75) is 25.8 Å². The van der Waals surface area contributed by atoms with Gasteiger partial charge in [-0.2, -0.15) is 0 Å². The summed E-state index contributed by atoms with van der Waals surface area (Å²) in [7, 11) is 0. The average Bonchev–Trinajstić information content (AvgIpc) is 3.26. The van der Waals surface area contributed by atoms with E-state index in [0.29, 0.717) is 42.4 Å². The molecule has 39 heavy (non-hydrogen) atoms. The number of aromatic nitrogens is 2. The predicted octanol–water partition coefficient (Wildman–Crippen LogP) is 4.47. The molecule has 3 N–H and O–H groups in total. The maximum atomic E-state index is 12.6. The highest BCUT2D eigenvalue weighted by molar-refractivity contribution is 6.37. The first-order valence-corrected chi connectivity index (χ1v) is 13.2. The molecule has 1 amide bonds. The third kappa shape index (κ3) is 9.42. The summed E-state index contributed by atoms with van der Waals surface area (Å²) in [6.07, 6.45) is 5.01. The van der Waals surface area contributed by atoms with Gasteiger partial charge in [0.05, 0.1) is 17.3 Å². The van der Waals surface area contributed by atoms with Crippen molar-refractivity contribution in [1.82, 2.24) is 4.57 Å². The van der Waals surface area contributed by atoms with E-state index in [1.807, 2.05) is 22.9 Å². The molecule has 0 radical (unpaired) electrons. The van der Waals surface area contributed by atoms with Crippen molar-refractivity contribution < 1.29 is 32.0 Å². The minimum atomic E-state index is -0.431. The molecule has 1 heterocycles. The summed E-state index contributed by atoms with van der Waals surface area (Å²) in [5.74, 6) is -0.238. The number of nitrogens with zero attached hydrogens (tertiary/aromatic N) is 2. The highest BCUT2D eigenvalue weighted by Gasteiger charge is 2.21. The van der Waals surface area contributed by atoms with Gasteiger partial charge in [0.2, 0.25) is 6.33 Å². The summed E-state index contributed by atoms with van der Waals surface area (Å²) in [4.78, 5) is 12.6. The van der Waals surface area contributed by atoms with Crippen molar-refractivity contribution in [2.75, 3.05) is 5.32 Å². The summed E-state index contributed by atoms with van der Waals surface area (Å²) in [6.45, 7) is 0.745. The third-order valence-electron chi connectivity index (χ3n) is 5.42. The Bertz CT molecular complexity index is 1430. The van der Waals surface area contributed by atoms with Gasteiger partial charge in [-0.25, -0.2) is 9.13 Å². The van der Waals surface area contributed by atoms with Crippen LogP contribution >= 0.6 is 69.6 Å². The summed E-state index contributed by atoms with van der Waals surface area (Å²) in [5, 5.41) is 5.71. The Morgan fingerprint density at radius 1 is 0.872 bits per heavy atom. The van der Waals surface area contributed by atoms with Crippen molar-refractivity contribution in [3.8, 4) is 0 Å². The predicted molar refractivity (Wildman–Crippen MR) is 154 cm³/mol. The molecule has 1 unspecified atom stereocenters. The van der Waals surface area contributed by atoms with Crippen LogP contribution in [0, 0.1) is 0 Å². The van der Waals surface area contributed by atoms with E-state index in [1.165, 1.54) is 0 Å². The van der Waals surface area contributed by atoms with Crippen LogP contribution in [0.2, 0.25) is 30.1 Å². The standard InChI is InChI=1S/C26H19Cl6N3O2.ClH.H2O/c27-17-2-1-16(21(30)9-17)14-37-25(20-5-3-18(28)10-22(20)31)12-34-7-8-35(15-34)13-26(36)33-24-6-4-19(29)11-23(24)32;;/h1-11,15,25H,12-14H2;1H;1H2. The van der Waals surface area contributed by atoms with Crippen LogP contribution in [0.5, 0.6) is 0 Å². The number of amides is 1. The number of imidazole rings is 1. The van der Waals surface area contributed by atoms with E-state index in [1.54, 1.807) is 59.6 Å². The second-order valence-electron chi connectivity index (χ2n) is 8.16. The summed E-state index contributed by atoms with van der Waals surface area (Å²) < 4.78 is 9.91. The first-order valence-electron chi connectivity index (χ1n) is 11.0. The second-order valence-corrected chi connectivity index (χ2v) is 10.7. The summed E-state index contributed by atoms with van der Waals surface area (Å²) in [5.41, 5.74) is 2.05. The Morgan fingerprint density at radius 3 is 2.13 bits per heavy atom. The van der Waals surface area contributed by atoms with Gasteiger partial charge in [0.25, 0.3) is 5.91 Å². The maximum absolute atomic E-state index is 12.6. The van der Waals surface area contributed by atoms with Gasteiger partial charge in [-0.1, -0.05) is 81.7 Å². The number of rotatable bonds is 9. The minimum absolute atomic E-state index is 0. The average molecular weight is 673 g/mol. The van der Waals surface area contributed by atoms with Crippen molar-refractivity contribution in [1.29, 1.82) is 0 Å². The highest BCUT2D eigenvalue weighted by atomic mass is 35.5. The van der Waals surface area contributed by atoms with Gasteiger partial charge < -0.3 is 27.9 Å². The molecule has 0 aliphatic heterocycles. The van der Waals surface area contributed by atoms with Crippen molar-refractivity contribution in [3.05, 3.63) is 115 Å². The third-order valence-corrected chi connectivity index (χ3v) is 7.12. The van der Waals surface area contributed by atoms with Gasteiger partial charge in [0, 0.05) is 30.7 Å². The zero-order chi connectivity index (χ0) is 26.5. The fraction of sp³-hybridized carbons (Fsp3) is 0.154. The number of benzene rings is 3. The molecule has 0 saturated carbocycles. The summed E-state index contributed by atoms with van der Waals surface area (Å²) in [6, 6.07) is 15.4. The second kappa shape index (κ2) is 15.3. The molecule has 0 bridgehead atoms. The van der Waals surface area contributed by atoms with Crippen LogP contribution in [-0.4, -0.2) is 16.0 Å². The van der Waals surface area contributed by atoms with Crippen molar-refractivity contribution in [3.63, 3.8) is 0 Å². The van der Waals surface area contributed by atoms with E-state index in [4.69, 9.17) is 74.3 Å². The van der Waals surface area contributed by atoms with Crippen LogP contribution in [0.4, 0.5) is 5.69 Å². The van der Waals surface area contributed by atoms with E-state index < -0.39 is 6.10 Å². The molecular formula is C26H22Cl7N3O3. The van der Waals surface area contributed by atoms with E-state index >= 15 is 0 Å². The quantitative estimate of drug-likeness (QED) is 0.267. The van der Waals surface area contributed by atoms with Crippen molar-refractivity contribution >= 4 is 81.2 Å². The van der Waals surface area contributed by atoms with Crippen LogP contribution in [0.15, 0.2) is 73.3 Å². The maximum Gasteiger partial charge on any atom is 0.266 e. The van der Waals surface area contributed by atoms with Gasteiger partial charge in [-0.05, 0) is 48.0 Å². The van der Waals surface area contributed by atoms with E-state index in [9.17, 15) is 4.79 Å². The first-order chi connectivity index (χ1) is 17.7. The lowest BCUT2D eigenvalue weighted by Crippen LogP contribution is -3.00. The molecule has 0 saturated heterocycles. The van der Waals surface area contributed by atoms with Gasteiger partial charge in [0.1, 0.15) is 25.0 Å². The van der Waals surface area contributed by atoms with Crippen LogP contribution in [0.3, 0.4) is 0 Å². The van der Waals surface area contributed by atoms with Gasteiger partial charge in [0.15, 0.2) is 6.54 Å². The molecule has 1 atom stereocenters. The van der Waals surface area contributed by atoms with E-state index in [-0.39, 0.29) is 36.9 Å². The molecular weight excluding hydrogens is 650 g/mol. The molecule has 13 heteroatoms. The Morgan fingerprint density at radius 2 is 1.49 bits per heavy atom. The number of anilines is 1. The minimum Gasteiger partial charge on any atom is -1.00 e. The number of carbonyl (C=O) groups excluding carboxylic acids is 1. The molecule has 3 aromatic carbocycles. The first kappa shape index (κ1) is 33.5. The number of carbonyl (C=O) groups is 1. The molecule has 0 aliphatic rings. The lowest BCUT2D eigenvalue weighted by Gasteiger charge is -2.19. The lowest BCUT2D eigenvalue weighted by atomic mass is 10.1. The van der Waals surface area contributed by atoms with Crippen LogP contribution in [0.25, 0.3) is 0 Å². The van der Waals surface area contributed by atoms with Crippen LogP contribution < -0.4 is 22.3 Å². The van der Waals surface area contributed by atoms with Gasteiger partial charge >= 0.3 is 0 Å². The number of nitrogens with one attached hydrogen (secondary N) is 1. The summed E-state index contributed by atoms with van der Waals surface area (Å²) >= 11 is 37.0. The fourth-order valence-electron chi connectivity index (χ4n) is 3.61. The molecule has 0 fully saturated rings. The highest BCUT2D eigenvalue weighted by Crippen LogP contribution is 2.31. The van der Waals surface area contributed by atoms with Gasteiger partial charge in [-0.3, -0.25) is 4.79 Å². The zero-order valence-corrected chi connectivity index (χ0v) is 25.3. The fourth-order valence-corrected chi connectivity index (χ4v) is 5.06. The van der Waals surface area contributed by atoms with Crippen LogP contribution in [-0.2, 0) is 29.2 Å². The van der Waals surface area contributed by atoms with Crippen LogP contribution in [0.1, 0.15) is 17.2 Å². The monoisotopic (exact) mass is 669 g/mol. The van der Waals surface area contributed by atoms with Crippen molar-refractivity contribution in [2.24, 2.45) is 0 Å². The Hall–Kier alpha value is -1.71. The molecule has 1 aromatic heterocycles. The largest absolute Gasteiger partial charge is 1.00 e. The molecule has 4 aromatic rings. The topological polar surface area (TPSA) is 78.6 Å². The Balaban J connectivity index is 0.00000267. The number of ether oxygens (including phenoxy) is 1. The Labute approximate surface area is 262 Å². The molecule has 208 valence electrons.